The summed E-state index contributed by atoms with van der Waals surface area (Å²) in [5, 5.41) is 0.504. The number of fused-ring (bicyclic) bond motifs is 1. The molecular formula is C12H20BrFN2O4Si. The lowest BCUT2D eigenvalue weighted by Crippen LogP contribution is -2.67. The van der Waals surface area contributed by atoms with Crippen molar-refractivity contribution < 1.29 is 23.2 Å². The van der Waals surface area contributed by atoms with Crippen LogP contribution in [0, 0.1) is 0 Å². The molecule has 2 saturated heterocycles. The molecule has 3 amide bonds. The molecule has 0 aliphatic carbocycles. The fourth-order valence-electron chi connectivity index (χ4n) is 1.85. The van der Waals surface area contributed by atoms with Gasteiger partial charge in [-0.05, 0) is 18.1 Å². The molecule has 0 aromatic heterocycles. The summed E-state index contributed by atoms with van der Waals surface area (Å²) in [6.07, 6.45) is 0. The Balaban J connectivity index is 2.30. The highest BCUT2D eigenvalue weighted by atomic mass is 79.9. The molecule has 2 aliphatic heterocycles. The van der Waals surface area contributed by atoms with Gasteiger partial charge in [0.05, 0.1) is 13.2 Å². The van der Waals surface area contributed by atoms with E-state index in [0.717, 1.165) is 4.90 Å². The van der Waals surface area contributed by atoms with E-state index in [-0.39, 0.29) is 18.2 Å². The molecule has 9 heteroatoms. The van der Waals surface area contributed by atoms with E-state index in [4.69, 9.17) is 9.26 Å². The van der Waals surface area contributed by atoms with E-state index < -0.39 is 31.1 Å². The molecule has 120 valence electrons. The predicted molar refractivity (Wildman–Crippen MR) is 79.7 cm³/mol. The van der Waals surface area contributed by atoms with Crippen LogP contribution >= 0.6 is 15.9 Å². The number of hydroxylamine groups is 2. The first-order chi connectivity index (χ1) is 9.42. The van der Waals surface area contributed by atoms with Crippen molar-refractivity contribution in [1.82, 2.24) is 9.96 Å². The van der Waals surface area contributed by atoms with E-state index in [0.29, 0.717) is 5.06 Å². The van der Waals surface area contributed by atoms with Gasteiger partial charge in [0, 0.05) is 0 Å². The molecule has 1 unspecified atom stereocenters. The van der Waals surface area contributed by atoms with Gasteiger partial charge in [-0.3, -0.25) is 9.69 Å². The van der Waals surface area contributed by atoms with Crippen molar-refractivity contribution in [2.24, 2.45) is 0 Å². The van der Waals surface area contributed by atoms with Gasteiger partial charge in [-0.1, -0.05) is 36.7 Å². The maximum atomic E-state index is 14.6. The Hall–Kier alpha value is -0.513. The van der Waals surface area contributed by atoms with Crippen LogP contribution in [0.3, 0.4) is 0 Å². The highest BCUT2D eigenvalue weighted by Crippen LogP contribution is 2.42. The second-order valence-electron chi connectivity index (χ2n) is 6.74. The minimum Gasteiger partial charge on any atom is -0.326 e. The second kappa shape index (κ2) is 5.00. The zero-order valence-electron chi connectivity index (χ0n) is 12.8. The molecule has 21 heavy (non-hydrogen) atoms. The van der Waals surface area contributed by atoms with Gasteiger partial charge in [-0.2, -0.15) is 4.39 Å². The molecule has 0 radical (unpaired) electrons. The van der Waals surface area contributed by atoms with Crippen LogP contribution in [0.15, 0.2) is 0 Å². The normalized spacial score (nSPS) is 30.9. The Bertz CT molecular complexity index is 484. The van der Waals surface area contributed by atoms with Crippen molar-refractivity contribution in [2.75, 3.05) is 13.2 Å². The summed E-state index contributed by atoms with van der Waals surface area (Å²) in [6.45, 7) is 9.92. The number of ether oxygens (including phenoxy) is 1. The summed E-state index contributed by atoms with van der Waals surface area (Å²) in [7, 11) is -2.40. The van der Waals surface area contributed by atoms with Crippen molar-refractivity contribution in [2.45, 2.75) is 49.7 Å². The van der Waals surface area contributed by atoms with E-state index in [1.54, 1.807) is 0 Å². The standard InChI is InChI=1S/C12H20BrFN2O4Si/c1-11(2,3)21(4,5)20-16-9(17)8(13)12(14)15(10(16)18)6-7-19-12/h8H,6-7H2,1-5H3/t8-,12?/m1/s1. The quantitative estimate of drug-likeness (QED) is 0.418. The minimum atomic E-state index is -2.43. The summed E-state index contributed by atoms with van der Waals surface area (Å²) in [4.78, 5) is 24.3. The molecule has 2 aliphatic rings. The Morgan fingerprint density at radius 1 is 1.43 bits per heavy atom. The number of nitrogens with zero attached hydrogens (tertiary/aromatic N) is 2. The molecule has 0 saturated carbocycles. The summed E-state index contributed by atoms with van der Waals surface area (Å²) in [6, 6.07) is -0.805. The number of hydrogen-bond donors (Lipinski definition) is 0. The average Bonchev–Trinajstić information content (AvgIpc) is 2.74. The predicted octanol–water partition coefficient (Wildman–Crippen LogP) is 2.60. The molecule has 0 aromatic carbocycles. The number of halogens is 2. The third-order valence-electron chi connectivity index (χ3n) is 4.25. The van der Waals surface area contributed by atoms with Crippen LogP contribution in [0.2, 0.25) is 18.1 Å². The molecule has 2 fully saturated rings. The topological polar surface area (TPSA) is 59.1 Å². The lowest BCUT2D eigenvalue weighted by Gasteiger charge is -2.45. The first-order valence-electron chi connectivity index (χ1n) is 6.73. The highest BCUT2D eigenvalue weighted by molar-refractivity contribution is 9.10. The Morgan fingerprint density at radius 2 is 2.00 bits per heavy atom. The maximum absolute atomic E-state index is 14.6. The Kier molecular flexibility index (Phi) is 4.01. The molecule has 0 bridgehead atoms. The number of urea groups is 1. The van der Waals surface area contributed by atoms with Crippen LogP contribution in [-0.2, 0) is 14.1 Å². The number of rotatable bonds is 2. The van der Waals surface area contributed by atoms with Gasteiger partial charge in [0.15, 0.2) is 4.83 Å². The van der Waals surface area contributed by atoms with E-state index in [2.05, 4.69) is 15.9 Å². The zero-order chi connectivity index (χ0) is 16.2. The van der Waals surface area contributed by atoms with E-state index in [1.807, 2.05) is 33.9 Å². The molecule has 0 spiro atoms. The monoisotopic (exact) mass is 382 g/mol. The smallest absolute Gasteiger partial charge is 0.326 e. The lowest BCUT2D eigenvalue weighted by molar-refractivity contribution is -0.209. The first kappa shape index (κ1) is 16.9. The van der Waals surface area contributed by atoms with Gasteiger partial charge in [0.25, 0.3) is 5.91 Å². The summed E-state index contributed by atoms with van der Waals surface area (Å²) in [5.74, 6) is -3.20. The molecule has 0 aromatic rings. The van der Waals surface area contributed by atoms with Gasteiger partial charge in [0.1, 0.15) is 0 Å². The summed E-state index contributed by atoms with van der Waals surface area (Å²) < 4.78 is 25.4. The Morgan fingerprint density at radius 3 is 2.52 bits per heavy atom. The fraction of sp³-hybridized carbons (Fsp3) is 0.833. The summed E-state index contributed by atoms with van der Waals surface area (Å²) >= 11 is 2.99. The number of imide groups is 1. The van der Waals surface area contributed by atoms with Gasteiger partial charge in [0.2, 0.25) is 8.32 Å². The van der Waals surface area contributed by atoms with Crippen LogP contribution in [0.1, 0.15) is 20.8 Å². The Labute approximate surface area is 132 Å². The molecular weight excluding hydrogens is 363 g/mol. The lowest BCUT2D eigenvalue weighted by atomic mass is 10.2. The number of carbonyl (C=O) groups is 2. The fourth-order valence-corrected chi connectivity index (χ4v) is 3.32. The molecule has 2 atom stereocenters. The number of hydrogen-bond acceptors (Lipinski definition) is 4. The van der Waals surface area contributed by atoms with Crippen LogP contribution in [0.25, 0.3) is 0 Å². The van der Waals surface area contributed by atoms with Gasteiger partial charge < -0.3 is 9.26 Å². The van der Waals surface area contributed by atoms with Crippen molar-refractivity contribution in [1.29, 1.82) is 0 Å². The zero-order valence-corrected chi connectivity index (χ0v) is 15.4. The third kappa shape index (κ3) is 2.53. The van der Waals surface area contributed by atoms with Crippen LogP contribution in [0.4, 0.5) is 9.18 Å². The second-order valence-corrected chi connectivity index (χ2v) is 12.4. The van der Waals surface area contributed by atoms with Crippen LogP contribution < -0.4 is 0 Å². The number of amides is 3. The van der Waals surface area contributed by atoms with E-state index >= 15 is 0 Å². The van der Waals surface area contributed by atoms with Gasteiger partial charge in [-0.25, -0.2) is 4.79 Å². The van der Waals surface area contributed by atoms with Crippen LogP contribution in [-0.4, -0.2) is 54.2 Å². The van der Waals surface area contributed by atoms with E-state index in [9.17, 15) is 14.0 Å². The largest absolute Gasteiger partial charge is 0.354 e. The number of carbonyl (C=O) groups excluding carboxylic acids is 2. The SMILES string of the molecule is CC(C)(C)[Si](C)(C)ON1C(=O)[C@@H](Br)C2(F)OCCN2C1=O. The minimum absolute atomic E-state index is 0.0472. The van der Waals surface area contributed by atoms with Crippen molar-refractivity contribution in [3.8, 4) is 0 Å². The van der Waals surface area contributed by atoms with Gasteiger partial charge in [-0.15, -0.1) is 5.06 Å². The average molecular weight is 383 g/mol. The molecule has 6 nitrogen and oxygen atoms in total. The van der Waals surface area contributed by atoms with Crippen molar-refractivity contribution in [3.05, 3.63) is 0 Å². The molecule has 2 rings (SSSR count). The van der Waals surface area contributed by atoms with Gasteiger partial charge >= 0.3 is 12.0 Å². The number of alkyl halides is 2. The van der Waals surface area contributed by atoms with Crippen molar-refractivity contribution in [3.63, 3.8) is 0 Å². The first-order valence-corrected chi connectivity index (χ1v) is 10.6. The maximum Gasteiger partial charge on any atom is 0.354 e. The van der Waals surface area contributed by atoms with E-state index in [1.165, 1.54) is 0 Å². The molecule has 0 N–H and O–H groups in total. The summed E-state index contributed by atoms with van der Waals surface area (Å²) in [5.41, 5.74) is 0. The highest BCUT2D eigenvalue weighted by Gasteiger charge is 2.62. The molecule has 2 heterocycles. The third-order valence-corrected chi connectivity index (χ3v) is 9.46. The van der Waals surface area contributed by atoms with Crippen LogP contribution in [0.5, 0.6) is 0 Å². The van der Waals surface area contributed by atoms with Crippen molar-refractivity contribution >= 4 is 36.2 Å².